The van der Waals surface area contributed by atoms with Gasteiger partial charge in [-0.1, -0.05) is 214 Å². The number of allylic oxidation sites excluding steroid dienone is 18. The van der Waals surface area contributed by atoms with Gasteiger partial charge in [0.15, 0.2) is 24.6 Å². The van der Waals surface area contributed by atoms with Crippen LogP contribution in [-0.4, -0.2) is 89.2 Å². The molecule has 0 aromatic carbocycles. The Morgan fingerprint density at radius 1 is 0.430 bits per heavy atom. The molecule has 0 aromatic rings. The number of aliphatic hydroxyl groups is 2. The molecule has 12 nitrogen and oxygen atoms in total. The summed E-state index contributed by atoms with van der Waals surface area (Å²) in [6, 6.07) is 0. The van der Waals surface area contributed by atoms with Gasteiger partial charge in [0.25, 0.3) is 0 Å². The van der Waals surface area contributed by atoms with Crippen molar-refractivity contribution in [1.82, 2.24) is 0 Å². The van der Waals surface area contributed by atoms with Crippen LogP contribution in [0.5, 0.6) is 0 Å². The molecule has 1 fully saturated rings. The number of carbonyl (C=O) groups is 4. The number of carboxylic acid groups (broad SMARTS) is 1. The lowest BCUT2D eigenvalue weighted by Gasteiger charge is -2.40. The first-order valence-corrected chi connectivity index (χ1v) is 30.9. The molecule has 0 aromatic heterocycles. The van der Waals surface area contributed by atoms with Gasteiger partial charge in [-0.2, -0.15) is 0 Å². The number of hydrogen-bond donors (Lipinski definition) is 3. The van der Waals surface area contributed by atoms with Crippen molar-refractivity contribution in [3.8, 4) is 0 Å². The van der Waals surface area contributed by atoms with Crippen LogP contribution in [0.3, 0.4) is 0 Å². The van der Waals surface area contributed by atoms with E-state index in [1.165, 1.54) is 64.2 Å². The predicted octanol–water partition coefficient (Wildman–Crippen LogP) is 16.2. The molecule has 448 valence electrons. The van der Waals surface area contributed by atoms with Gasteiger partial charge in [-0.3, -0.25) is 14.4 Å². The topological polar surface area (TPSA) is 175 Å². The van der Waals surface area contributed by atoms with Crippen molar-refractivity contribution in [3.63, 3.8) is 0 Å². The largest absolute Gasteiger partial charge is 0.479 e. The van der Waals surface area contributed by atoms with Gasteiger partial charge in [-0.15, -0.1) is 0 Å². The van der Waals surface area contributed by atoms with Crippen molar-refractivity contribution in [3.05, 3.63) is 109 Å². The molecule has 79 heavy (non-hydrogen) atoms. The van der Waals surface area contributed by atoms with E-state index in [0.717, 1.165) is 109 Å². The summed E-state index contributed by atoms with van der Waals surface area (Å²) in [5.74, 6) is -3.26. The summed E-state index contributed by atoms with van der Waals surface area (Å²) in [5, 5.41) is 31.5. The third-order valence-corrected chi connectivity index (χ3v) is 13.3. The second-order valence-corrected chi connectivity index (χ2v) is 20.6. The molecule has 1 aliphatic heterocycles. The fourth-order valence-electron chi connectivity index (χ4n) is 8.59. The summed E-state index contributed by atoms with van der Waals surface area (Å²) in [6.07, 6.45) is 60.6. The zero-order chi connectivity index (χ0) is 57.5. The Labute approximate surface area is 478 Å². The Hall–Kier alpha value is -4.62. The number of esters is 3. The zero-order valence-corrected chi connectivity index (χ0v) is 49.3. The molecule has 1 aliphatic rings. The molecule has 0 radical (unpaired) electrons. The summed E-state index contributed by atoms with van der Waals surface area (Å²) in [7, 11) is 0. The van der Waals surface area contributed by atoms with E-state index in [0.29, 0.717) is 25.7 Å². The summed E-state index contributed by atoms with van der Waals surface area (Å²) >= 11 is 0. The van der Waals surface area contributed by atoms with Crippen molar-refractivity contribution < 1.29 is 58.2 Å². The summed E-state index contributed by atoms with van der Waals surface area (Å²) in [5.41, 5.74) is 0. The molecule has 12 heteroatoms. The van der Waals surface area contributed by atoms with Crippen molar-refractivity contribution in [2.45, 2.75) is 276 Å². The van der Waals surface area contributed by atoms with E-state index in [2.05, 4.69) is 112 Å². The van der Waals surface area contributed by atoms with Crippen molar-refractivity contribution in [1.29, 1.82) is 0 Å². The van der Waals surface area contributed by atoms with Crippen LogP contribution < -0.4 is 0 Å². The highest BCUT2D eigenvalue weighted by Gasteiger charge is 2.50. The molecule has 0 spiro atoms. The Morgan fingerprint density at radius 3 is 1.30 bits per heavy atom. The first-order valence-electron chi connectivity index (χ1n) is 30.9. The van der Waals surface area contributed by atoms with Crippen molar-refractivity contribution >= 4 is 23.9 Å². The molecule has 1 saturated heterocycles. The van der Waals surface area contributed by atoms with E-state index >= 15 is 0 Å². The Kier molecular flexibility index (Phi) is 49.5. The minimum absolute atomic E-state index is 0.0709. The van der Waals surface area contributed by atoms with Gasteiger partial charge < -0.3 is 39.0 Å². The Balaban J connectivity index is 2.73. The van der Waals surface area contributed by atoms with Gasteiger partial charge in [0, 0.05) is 19.3 Å². The number of ether oxygens (including phenoxy) is 5. The monoisotopic (exact) mass is 1100 g/mol. The molecule has 0 amide bonds. The van der Waals surface area contributed by atoms with E-state index in [4.69, 9.17) is 23.7 Å². The van der Waals surface area contributed by atoms with Gasteiger partial charge >= 0.3 is 23.9 Å². The molecule has 3 N–H and O–H groups in total. The maximum Gasteiger partial charge on any atom is 0.335 e. The molecule has 1 rings (SSSR count). The number of aliphatic hydroxyl groups excluding tert-OH is 2. The number of carboxylic acids is 1. The lowest BCUT2D eigenvalue weighted by molar-refractivity contribution is -0.301. The first-order chi connectivity index (χ1) is 38.6. The lowest BCUT2D eigenvalue weighted by Crippen LogP contribution is -2.61. The average molecular weight is 1110 g/mol. The van der Waals surface area contributed by atoms with Crippen LogP contribution in [0, 0.1) is 0 Å². The first kappa shape index (κ1) is 72.4. The molecule has 0 aliphatic carbocycles. The van der Waals surface area contributed by atoms with E-state index in [1.807, 2.05) is 18.2 Å². The summed E-state index contributed by atoms with van der Waals surface area (Å²) < 4.78 is 28.4. The van der Waals surface area contributed by atoms with Crippen LogP contribution in [0.1, 0.15) is 239 Å². The molecular formula is C67H108O12. The quantitative estimate of drug-likeness (QED) is 0.0228. The number of rotatable bonds is 51. The third kappa shape index (κ3) is 43.8. The SMILES string of the molecule is CC/C=C\C/C=C\C/C=C\C/C=C\C/C=C\C/C=C\CCC(=O)OC1C(OCC(COC(=O)CCCCCCCCC/C=C\C/C=C\CCCCC)OC(=O)CCCCCCC/C=C\CCCCCC)OC(C(=O)O)C(O)C1O. The van der Waals surface area contributed by atoms with Gasteiger partial charge in [-0.25, -0.2) is 4.79 Å². The number of unbranched alkanes of at least 4 members (excludes halogenated alkanes) is 19. The second-order valence-electron chi connectivity index (χ2n) is 20.6. The molecule has 1 heterocycles. The van der Waals surface area contributed by atoms with Gasteiger partial charge in [0.2, 0.25) is 0 Å². The predicted molar refractivity (Wildman–Crippen MR) is 321 cm³/mol. The Morgan fingerprint density at radius 2 is 0.823 bits per heavy atom. The van der Waals surface area contributed by atoms with Crippen molar-refractivity contribution in [2.24, 2.45) is 0 Å². The van der Waals surface area contributed by atoms with E-state index in [-0.39, 0.29) is 25.9 Å². The average Bonchev–Trinajstić information content (AvgIpc) is 3.46. The van der Waals surface area contributed by atoms with Crippen LogP contribution in [0.15, 0.2) is 109 Å². The molecular weight excluding hydrogens is 997 g/mol. The summed E-state index contributed by atoms with van der Waals surface area (Å²) in [4.78, 5) is 51.2. The lowest BCUT2D eigenvalue weighted by atomic mass is 9.98. The van der Waals surface area contributed by atoms with Crippen LogP contribution >= 0.6 is 0 Å². The Bertz CT molecular complexity index is 1790. The maximum atomic E-state index is 13.1. The van der Waals surface area contributed by atoms with E-state index < -0.39 is 67.3 Å². The van der Waals surface area contributed by atoms with Crippen LogP contribution in [0.2, 0.25) is 0 Å². The maximum absolute atomic E-state index is 13.1. The van der Waals surface area contributed by atoms with Crippen LogP contribution in [-0.2, 0) is 42.9 Å². The van der Waals surface area contributed by atoms with Crippen LogP contribution in [0.25, 0.3) is 0 Å². The van der Waals surface area contributed by atoms with E-state index in [1.54, 1.807) is 0 Å². The normalized spacial score (nSPS) is 18.6. The van der Waals surface area contributed by atoms with Gasteiger partial charge in [0.1, 0.15) is 18.8 Å². The molecule has 0 saturated carbocycles. The fraction of sp³-hybridized carbons (Fsp3) is 0.672. The highest BCUT2D eigenvalue weighted by molar-refractivity contribution is 5.74. The standard InChI is InChI=1S/C67H108O12/c1-4-7-10-13-16-19-22-25-27-29-30-32-34-37-40-43-46-49-52-55-61(70)78-65-63(72)62(71)64(66(73)74)79-67(65)76-57-58(77-60(69)54-51-48-45-42-39-35-24-21-18-15-12-9-6-3)56-75-59(68)53-50-47-44-41-38-36-33-31-28-26-23-20-17-14-11-8-5-2/h7,10,16-17,19-21,24-28,30,32,37,40,46,49,58,62-65,67,71-72H,4-6,8-9,11-15,18,22-23,29,31,33-36,38-39,41-45,47-48,50-57H2,1-3H3,(H,73,74)/b10-7-,19-16-,20-17-,24-21-,27-25-,28-26-,32-30-,40-37-,49-46-. The van der Waals surface area contributed by atoms with Gasteiger partial charge in [0.05, 0.1) is 6.61 Å². The molecule has 6 unspecified atom stereocenters. The summed E-state index contributed by atoms with van der Waals surface area (Å²) in [6.45, 7) is 5.79. The highest BCUT2D eigenvalue weighted by atomic mass is 16.7. The number of aliphatic carboxylic acids is 1. The number of hydrogen-bond acceptors (Lipinski definition) is 11. The zero-order valence-electron chi connectivity index (χ0n) is 49.3. The minimum Gasteiger partial charge on any atom is -0.479 e. The van der Waals surface area contributed by atoms with E-state index in [9.17, 15) is 34.5 Å². The fourth-order valence-corrected chi connectivity index (χ4v) is 8.59. The van der Waals surface area contributed by atoms with Gasteiger partial charge in [-0.05, 0) is 116 Å². The highest BCUT2D eigenvalue weighted by Crippen LogP contribution is 2.26. The number of carbonyl (C=O) groups excluding carboxylic acids is 3. The minimum atomic E-state index is -1.94. The molecule has 0 bridgehead atoms. The smallest absolute Gasteiger partial charge is 0.335 e. The second kappa shape index (κ2) is 54.0. The van der Waals surface area contributed by atoms with Crippen LogP contribution in [0.4, 0.5) is 0 Å². The molecule has 6 atom stereocenters. The van der Waals surface area contributed by atoms with Crippen molar-refractivity contribution in [2.75, 3.05) is 13.2 Å². The third-order valence-electron chi connectivity index (χ3n) is 13.3.